The minimum absolute atomic E-state index is 0.117. The van der Waals surface area contributed by atoms with E-state index in [0.717, 1.165) is 37.4 Å². The van der Waals surface area contributed by atoms with Crippen molar-refractivity contribution in [3.8, 4) is 5.75 Å². The maximum atomic E-state index is 5.71. The lowest BCUT2D eigenvalue weighted by Gasteiger charge is -2.22. The molecule has 0 saturated carbocycles. The Labute approximate surface area is 108 Å². The lowest BCUT2D eigenvalue weighted by molar-refractivity contribution is 0.181. The summed E-state index contributed by atoms with van der Waals surface area (Å²) >= 11 is 0. The van der Waals surface area contributed by atoms with Crippen LogP contribution in [0.5, 0.6) is 5.75 Å². The number of aryl methyl sites for hydroxylation is 1. The number of ether oxygens (including phenoxy) is 2. The Morgan fingerprint density at radius 2 is 2.39 bits per heavy atom. The third-order valence-corrected chi connectivity index (χ3v) is 3.55. The highest BCUT2D eigenvalue weighted by atomic mass is 16.5. The molecule has 2 atom stereocenters. The molecular formula is C14H22N2O2. The number of nitrogens with two attached hydrogens (primary N) is 1. The number of hydrazine groups is 1. The van der Waals surface area contributed by atoms with E-state index in [0.29, 0.717) is 5.92 Å². The summed E-state index contributed by atoms with van der Waals surface area (Å²) in [7, 11) is 1.69. The van der Waals surface area contributed by atoms with Crippen molar-refractivity contribution in [2.75, 3.05) is 20.3 Å². The van der Waals surface area contributed by atoms with Gasteiger partial charge in [0.25, 0.3) is 0 Å². The van der Waals surface area contributed by atoms with Crippen molar-refractivity contribution in [3.63, 3.8) is 0 Å². The first-order valence-corrected chi connectivity index (χ1v) is 6.43. The van der Waals surface area contributed by atoms with Gasteiger partial charge in [0.05, 0.1) is 7.11 Å². The van der Waals surface area contributed by atoms with Crippen LogP contribution in [-0.4, -0.2) is 20.3 Å². The Hall–Kier alpha value is -1.10. The third-order valence-electron chi connectivity index (χ3n) is 3.55. The summed E-state index contributed by atoms with van der Waals surface area (Å²) in [5.41, 5.74) is 5.26. The Bertz CT molecular complexity index is 389. The van der Waals surface area contributed by atoms with Crippen molar-refractivity contribution in [3.05, 3.63) is 29.3 Å². The van der Waals surface area contributed by atoms with Crippen LogP contribution in [0, 0.1) is 12.8 Å². The molecule has 1 aromatic rings. The first-order valence-electron chi connectivity index (χ1n) is 6.43. The van der Waals surface area contributed by atoms with E-state index in [1.807, 2.05) is 6.07 Å². The van der Waals surface area contributed by atoms with E-state index in [4.69, 9.17) is 15.3 Å². The zero-order valence-corrected chi connectivity index (χ0v) is 11.1. The Kier molecular flexibility index (Phi) is 4.58. The Morgan fingerprint density at radius 1 is 1.56 bits per heavy atom. The van der Waals surface area contributed by atoms with E-state index >= 15 is 0 Å². The van der Waals surface area contributed by atoms with Crippen LogP contribution in [-0.2, 0) is 4.74 Å². The Morgan fingerprint density at radius 3 is 3.00 bits per heavy atom. The molecule has 0 aromatic heterocycles. The first-order chi connectivity index (χ1) is 8.74. The molecular weight excluding hydrogens is 228 g/mol. The van der Waals surface area contributed by atoms with Gasteiger partial charge in [-0.15, -0.1) is 0 Å². The highest BCUT2D eigenvalue weighted by Gasteiger charge is 2.23. The zero-order chi connectivity index (χ0) is 13.0. The van der Waals surface area contributed by atoms with Gasteiger partial charge in [-0.3, -0.25) is 11.3 Å². The lowest BCUT2D eigenvalue weighted by Crippen LogP contribution is -2.30. The van der Waals surface area contributed by atoms with Crippen LogP contribution >= 0.6 is 0 Å². The normalized spacial score (nSPS) is 20.9. The molecule has 1 aliphatic rings. The van der Waals surface area contributed by atoms with E-state index in [2.05, 4.69) is 24.5 Å². The second-order valence-electron chi connectivity index (χ2n) is 4.93. The third kappa shape index (κ3) is 3.02. The SMILES string of the molecule is COc1ccc(C)cc1C(CC1CCOC1)NN. The van der Waals surface area contributed by atoms with Gasteiger partial charge in [-0.25, -0.2) is 0 Å². The standard InChI is InChI=1S/C14H22N2O2/c1-10-3-4-14(17-2)12(7-10)13(16-15)8-11-5-6-18-9-11/h3-4,7,11,13,16H,5-6,8-9,15H2,1-2H3. The van der Waals surface area contributed by atoms with Crippen molar-refractivity contribution in [2.45, 2.75) is 25.8 Å². The fourth-order valence-corrected chi connectivity index (χ4v) is 2.51. The van der Waals surface area contributed by atoms with Crippen molar-refractivity contribution < 1.29 is 9.47 Å². The second-order valence-corrected chi connectivity index (χ2v) is 4.93. The maximum Gasteiger partial charge on any atom is 0.123 e. The number of hydrogen-bond acceptors (Lipinski definition) is 4. The van der Waals surface area contributed by atoms with E-state index in [-0.39, 0.29) is 6.04 Å². The molecule has 1 fully saturated rings. The van der Waals surface area contributed by atoms with Crippen LogP contribution in [0.4, 0.5) is 0 Å². The van der Waals surface area contributed by atoms with Crippen molar-refractivity contribution >= 4 is 0 Å². The summed E-state index contributed by atoms with van der Waals surface area (Å²) in [6.45, 7) is 3.79. The van der Waals surface area contributed by atoms with Crippen LogP contribution in [0.1, 0.15) is 30.0 Å². The number of hydrogen-bond donors (Lipinski definition) is 2. The van der Waals surface area contributed by atoms with Gasteiger partial charge >= 0.3 is 0 Å². The van der Waals surface area contributed by atoms with Gasteiger partial charge in [-0.05, 0) is 31.7 Å². The van der Waals surface area contributed by atoms with Crippen molar-refractivity contribution in [2.24, 2.45) is 11.8 Å². The predicted molar refractivity (Wildman–Crippen MR) is 71.3 cm³/mol. The molecule has 0 radical (unpaired) electrons. The average Bonchev–Trinajstić information content (AvgIpc) is 2.88. The molecule has 0 bridgehead atoms. The van der Waals surface area contributed by atoms with Crippen LogP contribution in [0.3, 0.4) is 0 Å². The molecule has 1 saturated heterocycles. The predicted octanol–water partition coefficient (Wildman–Crippen LogP) is 1.93. The molecule has 2 rings (SSSR count). The maximum absolute atomic E-state index is 5.71. The molecule has 0 amide bonds. The summed E-state index contributed by atoms with van der Waals surface area (Å²) in [4.78, 5) is 0. The zero-order valence-electron chi connectivity index (χ0n) is 11.1. The van der Waals surface area contributed by atoms with Crippen molar-refractivity contribution in [1.82, 2.24) is 5.43 Å². The van der Waals surface area contributed by atoms with E-state index in [9.17, 15) is 0 Å². The minimum Gasteiger partial charge on any atom is -0.496 e. The van der Waals surface area contributed by atoms with Crippen LogP contribution < -0.4 is 16.0 Å². The van der Waals surface area contributed by atoms with Gasteiger partial charge in [0.15, 0.2) is 0 Å². The molecule has 0 aliphatic carbocycles. The van der Waals surface area contributed by atoms with Gasteiger partial charge in [0.2, 0.25) is 0 Å². The largest absolute Gasteiger partial charge is 0.496 e. The molecule has 3 N–H and O–H groups in total. The fourth-order valence-electron chi connectivity index (χ4n) is 2.51. The summed E-state index contributed by atoms with van der Waals surface area (Å²) in [5, 5.41) is 0. The molecule has 4 nitrogen and oxygen atoms in total. The number of benzene rings is 1. The summed E-state index contributed by atoms with van der Waals surface area (Å²) < 4.78 is 10.8. The summed E-state index contributed by atoms with van der Waals surface area (Å²) in [6.07, 6.45) is 2.10. The molecule has 1 aromatic carbocycles. The molecule has 0 spiro atoms. The lowest BCUT2D eigenvalue weighted by atomic mass is 9.93. The molecule has 1 aliphatic heterocycles. The molecule has 100 valence electrons. The molecule has 4 heteroatoms. The van der Waals surface area contributed by atoms with Gasteiger partial charge in [0.1, 0.15) is 5.75 Å². The smallest absolute Gasteiger partial charge is 0.123 e. The topological polar surface area (TPSA) is 56.5 Å². The van der Waals surface area contributed by atoms with Crippen LogP contribution in [0.25, 0.3) is 0 Å². The first kappa shape index (κ1) is 13.3. The number of methoxy groups -OCH3 is 1. The van der Waals surface area contributed by atoms with Gasteiger partial charge in [-0.1, -0.05) is 17.7 Å². The van der Waals surface area contributed by atoms with E-state index in [1.165, 1.54) is 5.56 Å². The number of rotatable bonds is 5. The van der Waals surface area contributed by atoms with Gasteiger partial charge in [0, 0.05) is 24.8 Å². The van der Waals surface area contributed by atoms with E-state index < -0.39 is 0 Å². The fraction of sp³-hybridized carbons (Fsp3) is 0.571. The minimum atomic E-state index is 0.117. The van der Waals surface area contributed by atoms with E-state index in [1.54, 1.807) is 7.11 Å². The Balaban J connectivity index is 2.17. The summed E-state index contributed by atoms with van der Waals surface area (Å²) in [6, 6.07) is 6.31. The molecule has 18 heavy (non-hydrogen) atoms. The van der Waals surface area contributed by atoms with Crippen LogP contribution in [0.15, 0.2) is 18.2 Å². The van der Waals surface area contributed by atoms with Gasteiger partial charge in [-0.2, -0.15) is 0 Å². The highest BCUT2D eigenvalue weighted by Crippen LogP contribution is 2.32. The van der Waals surface area contributed by atoms with Crippen LogP contribution in [0.2, 0.25) is 0 Å². The average molecular weight is 250 g/mol. The molecule has 2 unspecified atom stereocenters. The monoisotopic (exact) mass is 250 g/mol. The quantitative estimate of drug-likeness (QED) is 0.619. The summed E-state index contributed by atoms with van der Waals surface area (Å²) in [5.74, 6) is 7.18. The van der Waals surface area contributed by atoms with Gasteiger partial charge < -0.3 is 9.47 Å². The second kappa shape index (κ2) is 6.18. The van der Waals surface area contributed by atoms with Crippen molar-refractivity contribution in [1.29, 1.82) is 0 Å². The number of nitrogens with one attached hydrogen (secondary N) is 1. The highest BCUT2D eigenvalue weighted by molar-refractivity contribution is 5.39. The molecule has 1 heterocycles.